The van der Waals surface area contributed by atoms with E-state index in [1.807, 2.05) is 24.3 Å². The third-order valence-electron chi connectivity index (χ3n) is 3.68. The molecule has 0 bridgehead atoms. The number of aliphatic hydroxyl groups is 1. The second-order valence-electron chi connectivity index (χ2n) is 4.74. The number of fused-ring (bicyclic) bond motifs is 1. The molecule has 1 fully saturated rings. The summed E-state index contributed by atoms with van der Waals surface area (Å²) in [5, 5.41) is 11.6. The first-order valence-electron chi connectivity index (χ1n) is 6.81. The van der Waals surface area contributed by atoms with Gasteiger partial charge in [-0.2, -0.15) is 0 Å². The first kappa shape index (κ1) is 14.1. The molecule has 1 aliphatic heterocycles. The van der Waals surface area contributed by atoms with Crippen molar-refractivity contribution in [3.05, 3.63) is 35.4 Å². The molecule has 2 aromatic carbocycles. The fourth-order valence-corrected chi connectivity index (χ4v) is 2.83. The van der Waals surface area contributed by atoms with E-state index < -0.39 is 6.29 Å². The van der Waals surface area contributed by atoms with Gasteiger partial charge in [-0.3, -0.25) is 0 Å². The smallest absolute Gasteiger partial charge is 0.188 e. The molecule has 1 N–H and O–H groups in total. The molecule has 0 aromatic heterocycles. The average Bonchev–Trinajstić information content (AvgIpc) is 3.06. The van der Waals surface area contributed by atoms with E-state index in [9.17, 15) is 5.11 Å². The molecule has 0 saturated carbocycles. The SMILES string of the molecule is COc1c(CO)c(C2OCCO2)c(OC)c2ccccc12. The normalized spacial score (nSPS) is 15.6. The van der Waals surface area contributed by atoms with Crippen molar-refractivity contribution in [3.8, 4) is 11.5 Å². The van der Waals surface area contributed by atoms with Crippen molar-refractivity contribution in [2.75, 3.05) is 27.4 Å². The van der Waals surface area contributed by atoms with E-state index in [4.69, 9.17) is 18.9 Å². The maximum atomic E-state index is 9.82. The van der Waals surface area contributed by atoms with Crippen LogP contribution in [0.1, 0.15) is 17.4 Å². The van der Waals surface area contributed by atoms with Crippen molar-refractivity contribution in [3.63, 3.8) is 0 Å². The fraction of sp³-hybridized carbons (Fsp3) is 0.375. The largest absolute Gasteiger partial charge is 0.496 e. The lowest BCUT2D eigenvalue weighted by atomic mass is 9.97. The maximum absolute atomic E-state index is 9.82. The van der Waals surface area contributed by atoms with Crippen LogP contribution in [0.3, 0.4) is 0 Å². The molecule has 3 rings (SSSR count). The molecule has 1 saturated heterocycles. The van der Waals surface area contributed by atoms with Gasteiger partial charge in [0.2, 0.25) is 0 Å². The molecule has 0 spiro atoms. The summed E-state index contributed by atoms with van der Waals surface area (Å²) in [7, 11) is 3.20. The zero-order chi connectivity index (χ0) is 14.8. The Morgan fingerprint density at radius 2 is 1.62 bits per heavy atom. The fourth-order valence-electron chi connectivity index (χ4n) is 2.83. The quantitative estimate of drug-likeness (QED) is 0.937. The Morgan fingerprint density at radius 3 is 2.14 bits per heavy atom. The van der Waals surface area contributed by atoms with Crippen molar-refractivity contribution in [2.24, 2.45) is 0 Å². The van der Waals surface area contributed by atoms with Crippen molar-refractivity contribution in [1.82, 2.24) is 0 Å². The van der Waals surface area contributed by atoms with E-state index in [2.05, 4.69) is 0 Å². The Morgan fingerprint density at radius 1 is 1.05 bits per heavy atom. The second kappa shape index (κ2) is 5.89. The van der Waals surface area contributed by atoms with Gasteiger partial charge in [-0.1, -0.05) is 24.3 Å². The van der Waals surface area contributed by atoms with Gasteiger partial charge in [-0.05, 0) is 0 Å². The van der Waals surface area contributed by atoms with Gasteiger partial charge >= 0.3 is 0 Å². The summed E-state index contributed by atoms with van der Waals surface area (Å²) < 4.78 is 22.3. The van der Waals surface area contributed by atoms with Gasteiger partial charge in [-0.25, -0.2) is 0 Å². The van der Waals surface area contributed by atoms with Crippen LogP contribution in [0.2, 0.25) is 0 Å². The molecule has 5 nitrogen and oxygen atoms in total. The molecular formula is C16H18O5. The Kier molecular flexibility index (Phi) is 3.96. The molecule has 0 radical (unpaired) electrons. The molecule has 0 unspecified atom stereocenters. The van der Waals surface area contributed by atoms with Crippen molar-refractivity contribution in [2.45, 2.75) is 12.9 Å². The maximum Gasteiger partial charge on any atom is 0.188 e. The first-order chi connectivity index (χ1) is 10.3. The van der Waals surface area contributed by atoms with Gasteiger partial charge in [0.25, 0.3) is 0 Å². The van der Waals surface area contributed by atoms with Gasteiger partial charge in [0.1, 0.15) is 11.5 Å². The zero-order valence-corrected chi connectivity index (χ0v) is 12.1. The molecule has 112 valence electrons. The van der Waals surface area contributed by atoms with E-state index in [1.54, 1.807) is 14.2 Å². The highest BCUT2D eigenvalue weighted by atomic mass is 16.7. The van der Waals surface area contributed by atoms with E-state index in [0.29, 0.717) is 35.8 Å². The Labute approximate surface area is 123 Å². The third-order valence-corrected chi connectivity index (χ3v) is 3.68. The molecule has 0 aliphatic carbocycles. The van der Waals surface area contributed by atoms with Crippen LogP contribution >= 0.6 is 0 Å². The molecule has 0 amide bonds. The van der Waals surface area contributed by atoms with Crippen LogP contribution in [0.25, 0.3) is 10.8 Å². The number of aliphatic hydroxyl groups excluding tert-OH is 1. The summed E-state index contributed by atoms with van der Waals surface area (Å²) in [5.74, 6) is 1.28. The molecule has 0 atom stereocenters. The highest BCUT2D eigenvalue weighted by Crippen LogP contribution is 2.45. The number of methoxy groups -OCH3 is 2. The summed E-state index contributed by atoms with van der Waals surface area (Å²) in [5.41, 5.74) is 1.34. The second-order valence-corrected chi connectivity index (χ2v) is 4.74. The number of ether oxygens (including phenoxy) is 4. The highest BCUT2D eigenvalue weighted by molar-refractivity contribution is 5.96. The van der Waals surface area contributed by atoms with Gasteiger partial charge in [-0.15, -0.1) is 0 Å². The van der Waals surface area contributed by atoms with Crippen LogP contribution < -0.4 is 9.47 Å². The molecule has 1 aliphatic rings. The predicted octanol–water partition coefficient (Wildman–Crippen LogP) is 2.39. The van der Waals surface area contributed by atoms with E-state index >= 15 is 0 Å². The molecule has 21 heavy (non-hydrogen) atoms. The molecule has 2 aromatic rings. The minimum absolute atomic E-state index is 0.178. The Hall–Kier alpha value is -1.82. The van der Waals surface area contributed by atoms with Crippen LogP contribution in [0, 0.1) is 0 Å². The molecule has 5 heteroatoms. The van der Waals surface area contributed by atoms with Crippen LogP contribution in [0.4, 0.5) is 0 Å². The lowest BCUT2D eigenvalue weighted by Gasteiger charge is -2.22. The highest BCUT2D eigenvalue weighted by Gasteiger charge is 2.29. The monoisotopic (exact) mass is 290 g/mol. The predicted molar refractivity (Wildman–Crippen MR) is 77.6 cm³/mol. The lowest BCUT2D eigenvalue weighted by molar-refractivity contribution is -0.0467. The molecular weight excluding hydrogens is 272 g/mol. The van der Waals surface area contributed by atoms with Gasteiger partial charge in [0.05, 0.1) is 39.6 Å². The lowest BCUT2D eigenvalue weighted by Crippen LogP contribution is -2.09. The van der Waals surface area contributed by atoms with Gasteiger partial charge in [0, 0.05) is 16.3 Å². The first-order valence-corrected chi connectivity index (χ1v) is 6.81. The van der Waals surface area contributed by atoms with Crippen LogP contribution in [0.15, 0.2) is 24.3 Å². The summed E-state index contributed by atoms with van der Waals surface area (Å²) in [6.45, 7) is 0.866. The van der Waals surface area contributed by atoms with Crippen LogP contribution in [-0.2, 0) is 16.1 Å². The number of hydrogen-bond donors (Lipinski definition) is 1. The van der Waals surface area contributed by atoms with Crippen molar-refractivity contribution >= 4 is 10.8 Å². The minimum Gasteiger partial charge on any atom is -0.496 e. The Balaban J connectivity index is 2.37. The van der Waals surface area contributed by atoms with E-state index in [-0.39, 0.29) is 6.61 Å². The topological polar surface area (TPSA) is 57.2 Å². The van der Waals surface area contributed by atoms with E-state index in [0.717, 1.165) is 10.8 Å². The van der Waals surface area contributed by atoms with Gasteiger partial charge < -0.3 is 24.1 Å². The van der Waals surface area contributed by atoms with E-state index in [1.165, 1.54) is 0 Å². The van der Waals surface area contributed by atoms with Crippen molar-refractivity contribution < 1.29 is 24.1 Å². The van der Waals surface area contributed by atoms with Crippen LogP contribution in [0.5, 0.6) is 11.5 Å². The summed E-state index contributed by atoms with van der Waals surface area (Å²) >= 11 is 0. The molecule has 1 heterocycles. The summed E-state index contributed by atoms with van der Waals surface area (Å²) in [4.78, 5) is 0. The standard InChI is InChI=1S/C16H18O5/c1-18-14-10-5-3-4-6-11(10)15(19-2)13(12(14)9-17)16-20-7-8-21-16/h3-6,16-17H,7-9H2,1-2H3. The Bertz CT molecular complexity index is 647. The van der Waals surface area contributed by atoms with Gasteiger partial charge in [0.15, 0.2) is 6.29 Å². The number of hydrogen-bond acceptors (Lipinski definition) is 5. The summed E-state index contributed by atoms with van der Waals surface area (Å²) in [6.07, 6.45) is -0.541. The summed E-state index contributed by atoms with van der Waals surface area (Å²) in [6, 6.07) is 7.75. The zero-order valence-electron chi connectivity index (χ0n) is 12.1. The number of benzene rings is 2. The average molecular weight is 290 g/mol. The van der Waals surface area contributed by atoms with Crippen molar-refractivity contribution in [1.29, 1.82) is 0 Å². The third kappa shape index (κ3) is 2.23. The minimum atomic E-state index is -0.541. The van der Waals surface area contributed by atoms with Crippen LogP contribution in [-0.4, -0.2) is 32.5 Å². The number of rotatable bonds is 4.